The molecule has 0 unspecified atom stereocenters. The van der Waals surface area contributed by atoms with Crippen LogP contribution in [0, 0.1) is 0 Å². The molecule has 1 saturated heterocycles. The number of unbranched alkanes of at least 4 members (excludes halogenated alkanes) is 3. The molecule has 0 amide bonds. The summed E-state index contributed by atoms with van der Waals surface area (Å²) in [5, 5.41) is 2.16. The topological polar surface area (TPSA) is 55.8 Å². The Hall–Kier alpha value is -1.84. The van der Waals surface area contributed by atoms with Crippen LogP contribution in [0.2, 0.25) is 0 Å². The van der Waals surface area contributed by atoms with Gasteiger partial charge in [-0.25, -0.2) is 4.67 Å². The SMILES string of the molecule is CCCCCC[P@@](=O)(Oc1ccc2ccccc2c1)N1CCC[C@H]1C(=O)OC. The molecule has 5 nitrogen and oxygen atoms in total. The molecule has 2 atom stereocenters. The molecule has 0 spiro atoms. The third kappa shape index (κ3) is 4.76. The van der Waals surface area contributed by atoms with Crippen LogP contribution in [-0.2, 0) is 14.1 Å². The summed E-state index contributed by atoms with van der Waals surface area (Å²) in [5.41, 5.74) is 0. The maximum absolute atomic E-state index is 14.0. The van der Waals surface area contributed by atoms with Crippen LogP contribution in [0.3, 0.4) is 0 Å². The zero-order valence-corrected chi connectivity index (χ0v) is 17.7. The monoisotopic (exact) mass is 403 g/mol. The summed E-state index contributed by atoms with van der Waals surface area (Å²) in [6.45, 7) is 2.75. The molecule has 0 radical (unpaired) electrons. The van der Waals surface area contributed by atoms with Gasteiger partial charge in [-0.2, -0.15) is 0 Å². The molecular weight excluding hydrogens is 373 g/mol. The molecule has 6 heteroatoms. The van der Waals surface area contributed by atoms with E-state index in [-0.39, 0.29) is 5.97 Å². The average Bonchev–Trinajstić information content (AvgIpc) is 3.21. The third-order valence-corrected chi connectivity index (χ3v) is 7.99. The normalized spacial score (nSPS) is 19.4. The Morgan fingerprint density at radius 3 is 2.68 bits per heavy atom. The number of rotatable bonds is 9. The van der Waals surface area contributed by atoms with Gasteiger partial charge >= 0.3 is 13.5 Å². The van der Waals surface area contributed by atoms with Crippen LogP contribution in [0.4, 0.5) is 0 Å². The molecule has 2 aromatic carbocycles. The van der Waals surface area contributed by atoms with Crippen molar-refractivity contribution in [2.45, 2.75) is 51.5 Å². The minimum absolute atomic E-state index is 0.326. The molecule has 1 aliphatic rings. The Balaban J connectivity index is 1.86. The van der Waals surface area contributed by atoms with Crippen molar-refractivity contribution >= 4 is 24.3 Å². The van der Waals surface area contributed by atoms with Gasteiger partial charge in [0.1, 0.15) is 11.8 Å². The van der Waals surface area contributed by atoms with Crippen LogP contribution in [-0.4, -0.2) is 36.5 Å². The van der Waals surface area contributed by atoms with Crippen molar-refractivity contribution in [1.82, 2.24) is 4.67 Å². The molecule has 0 aliphatic carbocycles. The molecule has 0 N–H and O–H groups in total. The molecule has 1 fully saturated rings. The molecule has 1 heterocycles. The second kappa shape index (κ2) is 9.58. The lowest BCUT2D eigenvalue weighted by Crippen LogP contribution is -2.36. The average molecular weight is 403 g/mol. The Labute approximate surface area is 167 Å². The van der Waals surface area contributed by atoms with Crippen LogP contribution in [0.25, 0.3) is 10.8 Å². The van der Waals surface area contributed by atoms with Crippen LogP contribution in [0.1, 0.15) is 45.4 Å². The van der Waals surface area contributed by atoms with Crippen LogP contribution >= 0.6 is 7.52 Å². The number of ether oxygens (including phenoxy) is 1. The second-order valence-electron chi connectivity index (χ2n) is 7.37. The molecular formula is C22H30NO4P. The molecule has 2 aromatic rings. The van der Waals surface area contributed by atoms with Gasteiger partial charge in [0.05, 0.1) is 7.11 Å². The van der Waals surface area contributed by atoms with Gasteiger partial charge in [0, 0.05) is 12.7 Å². The standard InChI is InChI=1S/C22H30NO4P/c1-3-4-5-8-16-28(25,23-15-9-12-21(23)22(24)26-2)27-20-14-13-18-10-6-7-11-19(18)17-20/h6-7,10-11,13-14,17,21H,3-5,8-9,12,15-16H2,1-2H3/t21-,28+/m0/s1. The number of nitrogens with zero attached hydrogens (tertiary/aromatic N) is 1. The van der Waals surface area contributed by atoms with Crippen LogP contribution in [0.5, 0.6) is 5.75 Å². The molecule has 0 bridgehead atoms. The number of hydrogen-bond donors (Lipinski definition) is 0. The fraction of sp³-hybridized carbons (Fsp3) is 0.500. The molecule has 0 saturated carbocycles. The Morgan fingerprint density at radius 2 is 1.93 bits per heavy atom. The van der Waals surface area contributed by atoms with E-state index in [0.29, 0.717) is 24.9 Å². The summed E-state index contributed by atoms with van der Waals surface area (Å²) < 4.78 is 26.9. The van der Waals surface area contributed by atoms with Gasteiger partial charge in [0.2, 0.25) is 0 Å². The highest BCUT2D eigenvalue weighted by molar-refractivity contribution is 7.57. The lowest BCUT2D eigenvalue weighted by atomic mass is 10.1. The zero-order valence-electron chi connectivity index (χ0n) is 16.8. The highest BCUT2D eigenvalue weighted by Gasteiger charge is 2.44. The summed E-state index contributed by atoms with van der Waals surface area (Å²) in [7, 11) is -1.81. The molecule has 152 valence electrons. The highest BCUT2D eigenvalue weighted by atomic mass is 31.2. The zero-order chi connectivity index (χ0) is 20.0. The highest BCUT2D eigenvalue weighted by Crippen LogP contribution is 2.55. The first-order valence-electron chi connectivity index (χ1n) is 10.2. The lowest BCUT2D eigenvalue weighted by molar-refractivity contribution is -0.144. The van der Waals surface area contributed by atoms with E-state index in [2.05, 4.69) is 6.92 Å². The van der Waals surface area contributed by atoms with Crippen molar-refractivity contribution in [1.29, 1.82) is 0 Å². The Kier molecular flexibility index (Phi) is 7.14. The summed E-state index contributed by atoms with van der Waals surface area (Å²) >= 11 is 0. The van der Waals surface area contributed by atoms with E-state index in [1.807, 2.05) is 42.5 Å². The third-order valence-electron chi connectivity index (χ3n) is 5.35. The predicted octanol–water partition coefficient (Wildman–Crippen LogP) is 5.63. The quantitative estimate of drug-likeness (QED) is 0.309. The number of carbonyl (C=O) groups is 1. The van der Waals surface area contributed by atoms with Crippen molar-refractivity contribution in [2.75, 3.05) is 19.8 Å². The fourth-order valence-corrected chi connectivity index (χ4v) is 6.45. The van der Waals surface area contributed by atoms with Gasteiger partial charge in [0.15, 0.2) is 0 Å². The van der Waals surface area contributed by atoms with E-state index in [4.69, 9.17) is 9.26 Å². The van der Waals surface area contributed by atoms with Crippen molar-refractivity contribution < 1.29 is 18.6 Å². The van der Waals surface area contributed by atoms with Crippen molar-refractivity contribution in [2.24, 2.45) is 0 Å². The molecule has 0 aromatic heterocycles. The van der Waals surface area contributed by atoms with Crippen molar-refractivity contribution in [3.8, 4) is 5.75 Å². The number of fused-ring (bicyclic) bond motifs is 1. The van der Waals surface area contributed by atoms with Gasteiger partial charge in [-0.05, 0) is 42.2 Å². The van der Waals surface area contributed by atoms with E-state index in [1.54, 1.807) is 4.67 Å². The summed E-state index contributed by atoms with van der Waals surface area (Å²) in [6, 6.07) is 13.3. The largest absolute Gasteiger partial charge is 0.468 e. The Bertz CT molecular complexity index is 853. The molecule has 1 aliphatic heterocycles. The van der Waals surface area contributed by atoms with E-state index < -0.39 is 13.6 Å². The van der Waals surface area contributed by atoms with Gasteiger partial charge in [-0.15, -0.1) is 0 Å². The maximum atomic E-state index is 14.0. The number of hydrogen-bond acceptors (Lipinski definition) is 4. The van der Waals surface area contributed by atoms with Gasteiger partial charge in [-0.1, -0.05) is 56.5 Å². The van der Waals surface area contributed by atoms with Crippen molar-refractivity contribution in [3.05, 3.63) is 42.5 Å². The summed E-state index contributed by atoms with van der Waals surface area (Å²) in [6.07, 6.45) is 5.99. The van der Waals surface area contributed by atoms with Crippen molar-refractivity contribution in [3.63, 3.8) is 0 Å². The first-order valence-corrected chi connectivity index (χ1v) is 12.0. The first-order chi connectivity index (χ1) is 13.6. The Morgan fingerprint density at radius 1 is 1.14 bits per heavy atom. The smallest absolute Gasteiger partial charge is 0.323 e. The van der Waals surface area contributed by atoms with E-state index in [1.165, 1.54) is 7.11 Å². The van der Waals surface area contributed by atoms with Gasteiger partial charge < -0.3 is 9.26 Å². The summed E-state index contributed by atoms with van der Waals surface area (Å²) in [5.74, 6) is 0.265. The minimum Gasteiger partial charge on any atom is -0.468 e. The van der Waals surface area contributed by atoms with Crippen LogP contribution < -0.4 is 4.52 Å². The van der Waals surface area contributed by atoms with E-state index in [9.17, 15) is 9.36 Å². The fourth-order valence-electron chi connectivity index (χ4n) is 3.85. The van der Waals surface area contributed by atoms with Gasteiger partial charge in [0.25, 0.3) is 0 Å². The molecule has 3 rings (SSSR count). The van der Waals surface area contributed by atoms with E-state index >= 15 is 0 Å². The number of esters is 1. The number of methoxy groups -OCH3 is 1. The van der Waals surface area contributed by atoms with Gasteiger partial charge in [-0.3, -0.25) is 9.36 Å². The molecule has 28 heavy (non-hydrogen) atoms. The predicted molar refractivity (Wildman–Crippen MR) is 113 cm³/mol. The van der Waals surface area contributed by atoms with E-state index in [0.717, 1.165) is 42.9 Å². The van der Waals surface area contributed by atoms with Crippen LogP contribution in [0.15, 0.2) is 42.5 Å². The first kappa shape index (κ1) is 20.9. The number of carbonyl (C=O) groups excluding carboxylic acids is 1. The lowest BCUT2D eigenvalue weighted by Gasteiger charge is -2.31. The minimum atomic E-state index is -3.20. The second-order valence-corrected chi connectivity index (χ2v) is 9.78. The maximum Gasteiger partial charge on any atom is 0.323 e. The summed E-state index contributed by atoms with van der Waals surface area (Å²) in [4.78, 5) is 12.2. The number of benzene rings is 2.